The van der Waals surface area contributed by atoms with E-state index in [0.29, 0.717) is 6.54 Å². The predicted octanol–water partition coefficient (Wildman–Crippen LogP) is 1.95. The molecule has 0 saturated heterocycles. The molecule has 2 bridgehead atoms. The second-order valence-electron chi connectivity index (χ2n) is 3.93. The lowest BCUT2D eigenvalue weighted by molar-refractivity contribution is -0.117. The molecule has 0 amide bonds. The zero-order valence-electron chi connectivity index (χ0n) is 9.08. The van der Waals surface area contributed by atoms with Gasteiger partial charge in [-0.05, 0) is 38.6 Å². The van der Waals surface area contributed by atoms with E-state index in [0.717, 1.165) is 0 Å². The van der Waals surface area contributed by atoms with Crippen LogP contribution in [0.15, 0.2) is 35.5 Å². The molecule has 2 rings (SSSR count). The maximum absolute atomic E-state index is 10.2. The number of rotatable bonds is 2. The first-order valence-corrected chi connectivity index (χ1v) is 4.80. The zero-order chi connectivity index (χ0) is 10.6. The molecular formula is C12H17NO. The Morgan fingerprint density at radius 3 is 1.86 bits per heavy atom. The smallest absolute Gasteiger partial charge is 0.143 e. The van der Waals surface area contributed by atoms with Crippen LogP contribution >= 0.6 is 0 Å². The van der Waals surface area contributed by atoms with Crippen LogP contribution in [0.2, 0.25) is 0 Å². The molecule has 2 nitrogen and oxygen atoms in total. The summed E-state index contributed by atoms with van der Waals surface area (Å²) in [5.74, 6) is 0.213. The maximum atomic E-state index is 10.2. The molecule has 2 aliphatic rings. The Bertz CT molecular complexity index is 288. The molecule has 0 atom stereocenters. The van der Waals surface area contributed by atoms with Crippen LogP contribution in [0.4, 0.5) is 0 Å². The Morgan fingerprint density at radius 2 is 1.79 bits per heavy atom. The summed E-state index contributed by atoms with van der Waals surface area (Å²) < 4.78 is 0. The van der Waals surface area contributed by atoms with E-state index in [1.165, 1.54) is 17.6 Å². The van der Waals surface area contributed by atoms with E-state index >= 15 is 0 Å². The van der Waals surface area contributed by atoms with Crippen molar-refractivity contribution in [2.75, 3.05) is 20.6 Å². The van der Waals surface area contributed by atoms with Crippen LogP contribution in [-0.2, 0) is 4.79 Å². The molecule has 0 radical (unpaired) electrons. The topological polar surface area (TPSA) is 20.3 Å². The third-order valence-corrected chi connectivity index (χ3v) is 1.97. The second-order valence-corrected chi connectivity index (χ2v) is 3.93. The number of hydrogen-bond acceptors (Lipinski definition) is 2. The van der Waals surface area contributed by atoms with Crippen LogP contribution in [0, 0.1) is 0 Å². The SMILES string of the molecule is C1=CC2=CC=C1C2.CC(=O)CN(C)C. The van der Waals surface area contributed by atoms with Gasteiger partial charge in [-0.3, -0.25) is 4.79 Å². The van der Waals surface area contributed by atoms with Crippen molar-refractivity contribution in [1.29, 1.82) is 0 Å². The minimum Gasteiger partial charge on any atom is -0.302 e. The molecule has 0 aliphatic heterocycles. The summed E-state index contributed by atoms with van der Waals surface area (Å²) in [7, 11) is 3.75. The number of allylic oxidation sites excluding steroid dienone is 6. The molecule has 0 aromatic heterocycles. The van der Waals surface area contributed by atoms with Gasteiger partial charge in [-0.2, -0.15) is 0 Å². The van der Waals surface area contributed by atoms with Crippen LogP contribution in [0.1, 0.15) is 13.3 Å². The van der Waals surface area contributed by atoms with Gasteiger partial charge in [0.15, 0.2) is 0 Å². The summed E-state index contributed by atoms with van der Waals surface area (Å²) in [5.41, 5.74) is 2.94. The van der Waals surface area contributed by atoms with Gasteiger partial charge in [0.25, 0.3) is 0 Å². The fraction of sp³-hybridized carbons (Fsp3) is 0.417. The summed E-state index contributed by atoms with van der Waals surface area (Å²) in [6.45, 7) is 2.14. The van der Waals surface area contributed by atoms with Gasteiger partial charge in [0.2, 0.25) is 0 Å². The fourth-order valence-corrected chi connectivity index (χ4v) is 1.46. The number of Topliss-reactive ketones (excluding diaryl/α,β-unsaturated/α-hetero) is 1. The van der Waals surface area contributed by atoms with Gasteiger partial charge in [-0.15, -0.1) is 0 Å². The van der Waals surface area contributed by atoms with Crippen LogP contribution in [0.25, 0.3) is 0 Å². The van der Waals surface area contributed by atoms with Crippen molar-refractivity contribution in [3.05, 3.63) is 35.5 Å². The Hall–Kier alpha value is -1.15. The highest BCUT2D eigenvalue weighted by atomic mass is 16.1. The molecule has 0 spiro atoms. The minimum atomic E-state index is 0.213. The lowest BCUT2D eigenvalue weighted by atomic mass is 10.3. The maximum Gasteiger partial charge on any atom is 0.143 e. The normalized spacial score (nSPS) is 16.3. The van der Waals surface area contributed by atoms with E-state index in [4.69, 9.17) is 0 Å². The van der Waals surface area contributed by atoms with Crippen molar-refractivity contribution in [1.82, 2.24) is 4.90 Å². The van der Waals surface area contributed by atoms with Crippen molar-refractivity contribution in [2.24, 2.45) is 0 Å². The molecule has 0 fully saturated rings. The summed E-state index contributed by atoms with van der Waals surface area (Å²) in [6, 6.07) is 0. The van der Waals surface area contributed by atoms with Crippen LogP contribution in [0.5, 0.6) is 0 Å². The van der Waals surface area contributed by atoms with Crippen molar-refractivity contribution in [3.8, 4) is 0 Å². The number of fused-ring (bicyclic) bond motifs is 2. The highest BCUT2D eigenvalue weighted by Crippen LogP contribution is 2.27. The summed E-state index contributed by atoms with van der Waals surface area (Å²) >= 11 is 0. The molecule has 0 unspecified atom stereocenters. The lowest BCUT2D eigenvalue weighted by Gasteiger charge is -2.03. The molecule has 76 valence electrons. The van der Waals surface area contributed by atoms with Crippen molar-refractivity contribution in [3.63, 3.8) is 0 Å². The van der Waals surface area contributed by atoms with E-state index in [9.17, 15) is 4.79 Å². The van der Waals surface area contributed by atoms with Crippen LogP contribution in [-0.4, -0.2) is 31.3 Å². The highest BCUT2D eigenvalue weighted by molar-refractivity contribution is 5.77. The summed E-state index contributed by atoms with van der Waals surface area (Å²) in [5, 5.41) is 0. The Morgan fingerprint density at radius 1 is 1.29 bits per heavy atom. The molecule has 2 heteroatoms. The van der Waals surface area contributed by atoms with E-state index in [1.54, 1.807) is 6.92 Å². The Labute approximate surface area is 85.6 Å². The monoisotopic (exact) mass is 191 g/mol. The van der Waals surface area contributed by atoms with E-state index in [2.05, 4.69) is 24.3 Å². The molecule has 0 saturated carbocycles. The molecule has 0 aromatic rings. The van der Waals surface area contributed by atoms with Gasteiger partial charge >= 0.3 is 0 Å². The minimum absolute atomic E-state index is 0.213. The Kier molecular flexibility index (Phi) is 3.84. The third kappa shape index (κ3) is 3.71. The van der Waals surface area contributed by atoms with Gasteiger partial charge < -0.3 is 4.90 Å². The quantitative estimate of drug-likeness (QED) is 0.665. The van der Waals surface area contributed by atoms with Gasteiger partial charge in [0.05, 0.1) is 6.54 Å². The van der Waals surface area contributed by atoms with Gasteiger partial charge in [0.1, 0.15) is 5.78 Å². The van der Waals surface area contributed by atoms with Gasteiger partial charge in [-0.25, -0.2) is 0 Å². The number of nitrogens with zero attached hydrogens (tertiary/aromatic N) is 1. The first-order valence-electron chi connectivity index (χ1n) is 4.80. The van der Waals surface area contributed by atoms with Gasteiger partial charge in [0, 0.05) is 0 Å². The number of carbonyl (C=O) groups is 1. The molecular weight excluding hydrogens is 174 g/mol. The van der Waals surface area contributed by atoms with E-state index in [1.807, 2.05) is 19.0 Å². The van der Waals surface area contributed by atoms with Gasteiger partial charge in [-0.1, -0.05) is 24.3 Å². The number of hydrogen-bond donors (Lipinski definition) is 0. The number of carbonyl (C=O) groups excluding carboxylic acids is 1. The van der Waals surface area contributed by atoms with E-state index < -0.39 is 0 Å². The van der Waals surface area contributed by atoms with Crippen molar-refractivity contribution in [2.45, 2.75) is 13.3 Å². The van der Waals surface area contributed by atoms with Crippen LogP contribution < -0.4 is 0 Å². The zero-order valence-corrected chi connectivity index (χ0v) is 9.08. The fourth-order valence-electron chi connectivity index (χ4n) is 1.46. The average molecular weight is 191 g/mol. The molecule has 0 N–H and O–H groups in total. The Balaban J connectivity index is 0.000000140. The third-order valence-electron chi connectivity index (χ3n) is 1.97. The second kappa shape index (κ2) is 4.91. The molecule has 0 heterocycles. The van der Waals surface area contributed by atoms with Crippen molar-refractivity contribution >= 4 is 5.78 Å². The highest BCUT2D eigenvalue weighted by Gasteiger charge is 2.07. The largest absolute Gasteiger partial charge is 0.302 e. The molecule has 14 heavy (non-hydrogen) atoms. The van der Waals surface area contributed by atoms with Crippen molar-refractivity contribution < 1.29 is 4.79 Å². The summed E-state index contributed by atoms with van der Waals surface area (Å²) in [4.78, 5) is 12.1. The predicted molar refractivity (Wildman–Crippen MR) is 59.2 cm³/mol. The number of ketones is 1. The molecule has 0 aromatic carbocycles. The number of likely N-dealkylation sites (N-methyl/N-ethyl adjacent to an activating group) is 1. The average Bonchev–Trinajstić information content (AvgIpc) is 2.63. The first kappa shape index (κ1) is 10.9. The van der Waals surface area contributed by atoms with E-state index in [-0.39, 0.29) is 5.78 Å². The lowest BCUT2D eigenvalue weighted by Crippen LogP contribution is -2.18. The standard InChI is InChI=1S/C7H6.C5H11NO/c1-2-7-4-3-6(1)5-7;1-5(7)4-6(2)3/h1-4H,5H2;4H2,1-3H3. The molecule has 2 aliphatic carbocycles. The first-order chi connectivity index (χ1) is 6.58. The van der Waals surface area contributed by atoms with Crippen LogP contribution in [0.3, 0.4) is 0 Å². The summed E-state index contributed by atoms with van der Waals surface area (Å²) in [6.07, 6.45) is 9.90.